The first-order valence-electron chi connectivity index (χ1n) is 16.6. The number of aromatic nitrogens is 5. The molecule has 0 spiro atoms. The fourth-order valence-corrected chi connectivity index (χ4v) is 6.09. The summed E-state index contributed by atoms with van der Waals surface area (Å²) in [6.07, 6.45) is 1.41. The second-order valence-corrected chi connectivity index (χ2v) is 12.2. The van der Waals surface area contributed by atoms with Gasteiger partial charge in [-0.25, -0.2) is 0 Å². The average molecular weight is 686 g/mol. The molecular weight excluding hydrogens is 650 g/mol. The van der Waals surface area contributed by atoms with Gasteiger partial charge in [0.05, 0.1) is 5.69 Å². The fourth-order valence-electron chi connectivity index (χ4n) is 6.09. The molecule has 1 fully saturated rings. The van der Waals surface area contributed by atoms with Gasteiger partial charge in [-0.15, -0.1) is 15.3 Å². The van der Waals surface area contributed by atoms with Crippen LogP contribution in [0, 0.1) is 0 Å². The minimum Gasteiger partial charge on any atom is -0.385 e. The summed E-state index contributed by atoms with van der Waals surface area (Å²) in [6.45, 7) is 1.18. The predicted octanol–water partition coefficient (Wildman–Crippen LogP) is 3.32. The van der Waals surface area contributed by atoms with Crippen LogP contribution in [-0.4, -0.2) is 66.1 Å². The number of imide groups is 1. The zero-order valence-electron chi connectivity index (χ0n) is 27.5. The zero-order chi connectivity index (χ0) is 35.3. The maximum absolute atomic E-state index is 13.1. The standard InChI is InChI=1S/C36H35N11O4/c37-35-42-36(45-47(35)30-17-15-27(43-44-30)23-6-2-1-3-7-23)40-24-13-11-22(12-14-24)20-39-31(48)10-5-19-38-28-9-4-8-25-26(28)21-46(34(25)51)29-16-18-32(49)41-33(29)50/h1-4,6-9,11-15,17,29,38H,5,10,16,18-21H2,(H,39,48)(H,41,49,50)(H3,37,40,42,45). The van der Waals surface area contributed by atoms with Crippen molar-refractivity contribution in [1.29, 1.82) is 0 Å². The van der Waals surface area contributed by atoms with E-state index >= 15 is 0 Å². The fraction of sp³-hybridized carbons (Fsp3) is 0.222. The summed E-state index contributed by atoms with van der Waals surface area (Å²) in [6, 6.07) is 25.6. The topological polar surface area (TPSA) is 202 Å². The van der Waals surface area contributed by atoms with Gasteiger partial charge in [0, 0.05) is 60.5 Å². The van der Waals surface area contributed by atoms with E-state index in [-0.39, 0.29) is 36.6 Å². The molecule has 15 heteroatoms. The van der Waals surface area contributed by atoms with Gasteiger partial charge in [0.15, 0.2) is 5.82 Å². The van der Waals surface area contributed by atoms with Gasteiger partial charge in [-0.3, -0.25) is 24.5 Å². The van der Waals surface area contributed by atoms with Crippen LogP contribution in [0.5, 0.6) is 0 Å². The molecule has 0 radical (unpaired) electrons. The lowest BCUT2D eigenvalue weighted by Crippen LogP contribution is -2.52. The summed E-state index contributed by atoms with van der Waals surface area (Å²) in [5.74, 6) is -0.164. The van der Waals surface area contributed by atoms with Crippen molar-refractivity contribution in [2.24, 2.45) is 0 Å². The van der Waals surface area contributed by atoms with Crippen molar-refractivity contribution in [2.75, 3.05) is 22.9 Å². The van der Waals surface area contributed by atoms with Crippen molar-refractivity contribution >= 4 is 46.9 Å². The highest BCUT2D eigenvalue weighted by molar-refractivity contribution is 6.06. The third kappa shape index (κ3) is 7.36. The minimum absolute atomic E-state index is 0.0818. The van der Waals surface area contributed by atoms with E-state index in [0.717, 1.165) is 33.8 Å². The third-order valence-corrected chi connectivity index (χ3v) is 8.75. The molecule has 51 heavy (non-hydrogen) atoms. The molecule has 6 N–H and O–H groups in total. The summed E-state index contributed by atoms with van der Waals surface area (Å²) in [4.78, 5) is 55.4. The first-order valence-corrected chi connectivity index (χ1v) is 16.6. The number of nitrogen functional groups attached to an aromatic ring is 1. The number of carbonyl (C=O) groups excluding carboxylic acids is 4. The Morgan fingerprint density at radius 3 is 2.53 bits per heavy atom. The van der Waals surface area contributed by atoms with E-state index in [0.29, 0.717) is 49.7 Å². The van der Waals surface area contributed by atoms with E-state index in [9.17, 15) is 19.2 Å². The van der Waals surface area contributed by atoms with Gasteiger partial charge in [0.2, 0.25) is 29.6 Å². The highest BCUT2D eigenvalue weighted by Gasteiger charge is 2.39. The number of nitrogens with two attached hydrogens (primary N) is 1. The Labute approximate surface area is 292 Å². The van der Waals surface area contributed by atoms with Gasteiger partial charge in [-0.2, -0.15) is 9.67 Å². The molecule has 2 aliphatic rings. The molecule has 0 aliphatic carbocycles. The Bertz CT molecular complexity index is 2080. The second kappa shape index (κ2) is 14.5. The van der Waals surface area contributed by atoms with Gasteiger partial charge >= 0.3 is 0 Å². The van der Waals surface area contributed by atoms with Gasteiger partial charge in [0.1, 0.15) is 6.04 Å². The van der Waals surface area contributed by atoms with Gasteiger partial charge in [-0.05, 0) is 54.8 Å². The molecule has 7 rings (SSSR count). The molecule has 4 amide bonds. The van der Waals surface area contributed by atoms with Crippen molar-refractivity contribution in [1.82, 2.24) is 40.5 Å². The number of nitrogens with zero attached hydrogens (tertiary/aromatic N) is 6. The van der Waals surface area contributed by atoms with E-state index < -0.39 is 11.9 Å². The van der Waals surface area contributed by atoms with Crippen LogP contribution in [-0.2, 0) is 27.5 Å². The first-order chi connectivity index (χ1) is 24.8. The molecule has 15 nitrogen and oxygen atoms in total. The number of rotatable bonds is 12. The lowest BCUT2D eigenvalue weighted by Gasteiger charge is -2.29. The molecule has 1 unspecified atom stereocenters. The Morgan fingerprint density at radius 2 is 1.76 bits per heavy atom. The van der Waals surface area contributed by atoms with E-state index in [1.165, 1.54) is 9.58 Å². The third-order valence-electron chi connectivity index (χ3n) is 8.75. The molecule has 1 atom stereocenters. The van der Waals surface area contributed by atoms with Crippen molar-refractivity contribution in [3.05, 3.63) is 102 Å². The monoisotopic (exact) mass is 685 g/mol. The molecule has 5 aromatic rings. The number of nitrogens with one attached hydrogen (secondary N) is 4. The normalized spacial score (nSPS) is 15.3. The Balaban J connectivity index is 0.854. The van der Waals surface area contributed by atoms with Crippen LogP contribution in [0.3, 0.4) is 0 Å². The lowest BCUT2D eigenvalue weighted by molar-refractivity contribution is -0.137. The van der Waals surface area contributed by atoms with Crippen LogP contribution in [0.4, 0.5) is 23.3 Å². The van der Waals surface area contributed by atoms with E-state index in [4.69, 9.17) is 5.73 Å². The molecular formula is C36H35N11O4. The smallest absolute Gasteiger partial charge is 0.255 e. The summed E-state index contributed by atoms with van der Waals surface area (Å²) in [5.41, 5.74) is 11.6. The Kier molecular flexibility index (Phi) is 9.32. The molecule has 4 heterocycles. The van der Waals surface area contributed by atoms with Crippen LogP contribution < -0.4 is 27.0 Å². The Hall–Kier alpha value is -6.64. The highest BCUT2D eigenvalue weighted by Crippen LogP contribution is 2.32. The van der Waals surface area contributed by atoms with E-state index in [1.54, 1.807) is 18.2 Å². The highest BCUT2D eigenvalue weighted by atomic mass is 16.2. The van der Waals surface area contributed by atoms with Crippen LogP contribution in [0.2, 0.25) is 0 Å². The average Bonchev–Trinajstić information content (AvgIpc) is 3.69. The first kappa shape index (κ1) is 32.9. The number of anilines is 4. The minimum atomic E-state index is -0.668. The van der Waals surface area contributed by atoms with Crippen molar-refractivity contribution in [3.63, 3.8) is 0 Å². The Morgan fingerprint density at radius 1 is 0.941 bits per heavy atom. The van der Waals surface area contributed by atoms with E-state index in [1.807, 2.05) is 66.7 Å². The molecule has 2 aromatic heterocycles. The number of carbonyl (C=O) groups is 4. The summed E-state index contributed by atoms with van der Waals surface area (Å²) >= 11 is 0. The van der Waals surface area contributed by atoms with Gasteiger partial charge < -0.3 is 26.6 Å². The summed E-state index contributed by atoms with van der Waals surface area (Å²) in [5, 5.41) is 24.7. The number of hydrogen-bond acceptors (Lipinski definition) is 11. The van der Waals surface area contributed by atoms with Crippen molar-refractivity contribution in [2.45, 2.75) is 44.8 Å². The quantitative estimate of drug-likeness (QED) is 0.0953. The number of piperidine rings is 1. The van der Waals surface area contributed by atoms with Crippen molar-refractivity contribution in [3.8, 4) is 17.1 Å². The van der Waals surface area contributed by atoms with Crippen LogP contribution in [0.1, 0.15) is 47.2 Å². The van der Waals surface area contributed by atoms with E-state index in [2.05, 4.69) is 41.5 Å². The molecule has 3 aromatic carbocycles. The molecule has 0 bridgehead atoms. The number of amides is 4. The van der Waals surface area contributed by atoms with Gasteiger partial charge in [-0.1, -0.05) is 48.5 Å². The second-order valence-electron chi connectivity index (χ2n) is 12.2. The summed E-state index contributed by atoms with van der Waals surface area (Å²) < 4.78 is 1.41. The maximum Gasteiger partial charge on any atom is 0.255 e. The molecule has 1 saturated heterocycles. The molecule has 258 valence electrons. The number of benzene rings is 3. The number of hydrogen-bond donors (Lipinski definition) is 5. The number of fused-ring (bicyclic) bond motifs is 1. The lowest BCUT2D eigenvalue weighted by atomic mass is 10.0. The largest absolute Gasteiger partial charge is 0.385 e. The van der Waals surface area contributed by atoms with Crippen LogP contribution in [0.25, 0.3) is 17.1 Å². The molecule has 0 saturated carbocycles. The van der Waals surface area contributed by atoms with Crippen LogP contribution >= 0.6 is 0 Å². The summed E-state index contributed by atoms with van der Waals surface area (Å²) in [7, 11) is 0. The molecule has 2 aliphatic heterocycles. The zero-order valence-corrected chi connectivity index (χ0v) is 27.5. The predicted molar refractivity (Wildman–Crippen MR) is 189 cm³/mol. The maximum atomic E-state index is 13.1. The van der Waals surface area contributed by atoms with Crippen molar-refractivity contribution < 1.29 is 19.2 Å². The van der Waals surface area contributed by atoms with Crippen LogP contribution in [0.15, 0.2) is 84.9 Å². The SMILES string of the molecule is Nc1nc(Nc2ccc(CNC(=O)CCCNc3cccc4c3CN(C3CCC(=O)NC3=O)C4=O)cc2)nn1-c1ccc(-c2ccccc2)nn1. The van der Waals surface area contributed by atoms with Gasteiger partial charge in [0.25, 0.3) is 5.91 Å².